The summed E-state index contributed by atoms with van der Waals surface area (Å²) in [7, 11) is -2.95. The molecule has 5 atom stereocenters. The SMILES string of the molecule is CCC(O[Si](c1ccccc1)(c1ccccc1)C(C)(C)C)[C@@H]1C[C@@H](C(C)CC(=O)O)[C@H](n2c(=O)sc3c(=O)[nH]c(N)nc32)O1. The van der Waals surface area contributed by atoms with Crippen LogP contribution in [-0.4, -0.2) is 46.1 Å². The molecule has 0 radical (unpaired) electrons. The van der Waals surface area contributed by atoms with Crippen LogP contribution in [0.25, 0.3) is 10.3 Å². The highest BCUT2D eigenvalue weighted by Crippen LogP contribution is 2.45. The van der Waals surface area contributed by atoms with Crippen molar-refractivity contribution < 1.29 is 19.1 Å². The molecule has 1 aliphatic heterocycles. The maximum atomic E-state index is 13.4. The van der Waals surface area contributed by atoms with Crippen LogP contribution in [-0.2, 0) is 14.0 Å². The molecule has 234 valence electrons. The number of thiazole rings is 1. The van der Waals surface area contributed by atoms with Crippen molar-refractivity contribution >= 4 is 52.3 Å². The third-order valence-corrected chi connectivity index (χ3v) is 14.7. The number of fused-ring (bicyclic) bond motifs is 1. The molecule has 2 aromatic heterocycles. The van der Waals surface area contributed by atoms with Gasteiger partial charge in [-0.15, -0.1) is 0 Å². The van der Waals surface area contributed by atoms with Crippen molar-refractivity contribution in [2.24, 2.45) is 11.8 Å². The van der Waals surface area contributed by atoms with Crippen LogP contribution < -0.4 is 26.5 Å². The van der Waals surface area contributed by atoms with E-state index in [4.69, 9.17) is 14.9 Å². The molecule has 0 spiro atoms. The van der Waals surface area contributed by atoms with E-state index in [1.54, 1.807) is 0 Å². The molecule has 1 aliphatic rings. The van der Waals surface area contributed by atoms with E-state index in [-0.39, 0.29) is 45.7 Å². The predicted molar refractivity (Wildman–Crippen MR) is 175 cm³/mol. The Kier molecular flexibility index (Phi) is 8.99. The van der Waals surface area contributed by atoms with Gasteiger partial charge in [0, 0.05) is 12.3 Å². The summed E-state index contributed by atoms with van der Waals surface area (Å²) < 4.78 is 15.7. The molecule has 1 fully saturated rings. The molecule has 0 saturated carbocycles. The Balaban J connectivity index is 1.61. The highest BCUT2D eigenvalue weighted by Gasteiger charge is 2.53. The summed E-state index contributed by atoms with van der Waals surface area (Å²) in [6.07, 6.45) is -0.663. The maximum absolute atomic E-state index is 13.4. The molecular formula is C32H40N4O6SSi. The molecule has 0 amide bonds. The summed E-state index contributed by atoms with van der Waals surface area (Å²) in [5, 5.41) is 11.7. The highest BCUT2D eigenvalue weighted by atomic mass is 32.1. The molecule has 3 heterocycles. The van der Waals surface area contributed by atoms with Gasteiger partial charge < -0.3 is 20.0 Å². The zero-order valence-electron chi connectivity index (χ0n) is 25.7. The number of hydrogen-bond donors (Lipinski definition) is 3. The summed E-state index contributed by atoms with van der Waals surface area (Å²) in [4.78, 5) is 44.1. The second-order valence-corrected chi connectivity index (χ2v) is 17.8. The molecule has 12 heteroatoms. The van der Waals surface area contributed by atoms with Gasteiger partial charge in [0.05, 0.1) is 12.2 Å². The number of carbonyl (C=O) groups is 1. The lowest BCUT2D eigenvalue weighted by molar-refractivity contribution is -0.138. The molecular weight excluding hydrogens is 597 g/mol. The predicted octanol–water partition coefficient (Wildman–Crippen LogP) is 4.10. The van der Waals surface area contributed by atoms with E-state index in [9.17, 15) is 19.5 Å². The van der Waals surface area contributed by atoms with E-state index < -0.39 is 37.1 Å². The fraction of sp³-hybridized carbons (Fsp3) is 0.438. The van der Waals surface area contributed by atoms with Crippen molar-refractivity contribution in [3.8, 4) is 0 Å². The fourth-order valence-electron chi connectivity index (χ4n) is 6.66. The van der Waals surface area contributed by atoms with Crippen molar-refractivity contribution in [1.82, 2.24) is 14.5 Å². The minimum Gasteiger partial charge on any atom is -0.481 e. The number of hydrogen-bond acceptors (Lipinski definition) is 8. The van der Waals surface area contributed by atoms with Crippen LogP contribution in [0.3, 0.4) is 0 Å². The Bertz CT molecular complexity index is 1690. The first-order valence-electron chi connectivity index (χ1n) is 14.9. The van der Waals surface area contributed by atoms with Crippen molar-refractivity contribution in [3.05, 3.63) is 80.7 Å². The average Bonchev–Trinajstić information content (AvgIpc) is 3.54. The van der Waals surface area contributed by atoms with Crippen LogP contribution in [0.5, 0.6) is 0 Å². The number of ether oxygens (including phenoxy) is 1. The van der Waals surface area contributed by atoms with Crippen molar-refractivity contribution in [2.45, 2.75) is 77.4 Å². The number of anilines is 1. The molecule has 4 N–H and O–H groups in total. The minimum atomic E-state index is -2.95. The smallest absolute Gasteiger partial charge is 0.311 e. The summed E-state index contributed by atoms with van der Waals surface area (Å²) in [6.45, 7) is 10.6. The summed E-state index contributed by atoms with van der Waals surface area (Å²) in [5.74, 6) is -1.74. The van der Waals surface area contributed by atoms with Crippen molar-refractivity contribution in [3.63, 3.8) is 0 Å². The molecule has 2 aromatic carbocycles. The number of aliphatic carboxylic acids is 1. The zero-order chi connectivity index (χ0) is 31.8. The highest BCUT2D eigenvalue weighted by molar-refractivity contribution is 7.16. The molecule has 5 rings (SSSR count). The number of nitrogen functional groups attached to an aromatic ring is 1. The number of nitrogens with one attached hydrogen (secondary N) is 1. The van der Waals surface area contributed by atoms with E-state index in [1.807, 2.05) is 43.3 Å². The van der Waals surface area contributed by atoms with Gasteiger partial charge in [0.25, 0.3) is 13.9 Å². The van der Waals surface area contributed by atoms with Gasteiger partial charge in [-0.25, -0.2) is 0 Å². The minimum absolute atomic E-state index is 0.101. The standard InChI is InChI=1S/C32H40N4O6SSi/c1-6-23(42-44(32(3,4)5,20-13-9-7-10-14-20)21-15-11-8-12-16-21)24-18-22(19(2)17-25(37)38)29(41-24)36-27-26(43-31(36)40)28(39)35-30(33)34-27/h7-16,19,22-24,29H,6,17-18H2,1-5H3,(H,37,38)(H3,33,34,35,39)/t19?,22-,23?,24-,29+/m0/s1. The number of aromatic nitrogens is 3. The number of H-pyrrole nitrogens is 1. The molecule has 10 nitrogen and oxygen atoms in total. The number of carboxylic acid groups (broad SMARTS) is 1. The van der Waals surface area contributed by atoms with E-state index >= 15 is 0 Å². The van der Waals surface area contributed by atoms with Gasteiger partial charge in [-0.1, -0.05) is 107 Å². The number of benzene rings is 2. The van der Waals surface area contributed by atoms with Gasteiger partial charge in [0.15, 0.2) is 5.65 Å². The van der Waals surface area contributed by atoms with Crippen molar-refractivity contribution in [2.75, 3.05) is 5.73 Å². The Morgan fingerprint density at radius 3 is 2.27 bits per heavy atom. The van der Waals surface area contributed by atoms with E-state index in [0.29, 0.717) is 12.8 Å². The van der Waals surface area contributed by atoms with Gasteiger partial charge in [-0.2, -0.15) is 4.98 Å². The number of aromatic amines is 1. The maximum Gasteiger partial charge on any atom is 0.311 e. The molecule has 0 aliphatic carbocycles. The number of nitrogens with zero attached hydrogens (tertiary/aromatic N) is 2. The second kappa shape index (κ2) is 12.4. The number of rotatable bonds is 10. The van der Waals surface area contributed by atoms with Crippen LogP contribution in [0, 0.1) is 11.8 Å². The van der Waals surface area contributed by atoms with Crippen LogP contribution >= 0.6 is 11.3 Å². The molecule has 1 saturated heterocycles. The van der Waals surface area contributed by atoms with Crippen LogP contribution in [0.1, 0.15) is 60.1 Å². The normalized spacial score (nSPS) is 20.5. The summed E-state index contributed by atoms with van der Waals surface area (Å²) >= 11 is 0.777. The third kappa shape index (κ3) is 5.79. The van der Waals surface area contributed by atoms with Crippen LogP contribution in [0.2, 0.25) is 5.04 Å². The fourth-order valence-corrected chi connectivity index (χ4v) is 12.3. The first-order valence-corrected chi connectivity index (χ1v) is 17.7. The van der Waals surface area contributed by atoms with Gasteiger partial charge in [-0.05, 0) is 34.2 Å². The molecule has 4 aromatic rings. The van der Waals surface area contributed by atoms with Gasteiger partial charge >= 0.3 is 10.8 Å². The lowest BCUT2D eigenvalue weighted by Crippen LogP contribution is -2.68. The molecule has 0 bridgehead atoms. The Hall–Kier alpha value is -3.58. The Morgan fingerprint density at radius 2 is 1.75 bits per heavy atom. The topological polar surface area (TPSA) is 150 Å². The second-order valence-electron chi connectivity index (χ2n) is 12.6. The largest absolute Gasteiger partial charge is 0.481 e. The van der Waals surface area contributed by atoms with Gasteiger partial charge in [0.1, 0.15) is 10.9 Å². The first kappa shape index (κ1) is 31.8. The molecule has 2 unspecified atom stereocenters. The molecule has 44 heavy (non-hydrogen) atoms. The number of carboxylic acids is 1. The Labute approximate surface area is 261 Å². The van der Waals surface area contributed by atoms with Crippen LogP contribution in [0.15, 0.2) is 70.3 Å². The Morgan fingerprint density at radius 1 is 1.16 bits per heavy atom. The number of nitrogens with two attached hydrogens (primary N) is 1. The van der Waals surface area contributed by atoms with Crippen LogP contribution in [0.4, 0.5) is 5.95 Å². The van der Waals surface area contributed by atoms with E-state index in [0.717, 1.165) is 21.7 Å². The van der Waals surface area contributed by atoms with Crippen molar-refractivity contribution in [1.29, 1.82) is 0 Å². The quantitative estimate of drug-likeness (QED) is 0.220. The van der Waals surface area contributed by atoms with E-state index in [2.05, 4.69) is 61.9 Å². The van der Waals surface area contributed by atoms with E-state index in [1.165, 1.54) is 4.57 Å². The summed E-state index contributed by atoms with van der Waals surface area (Å²) in [5.41, 5.74) is 5.51. The lowest BCUT2D eigenvalue weighted by atomic mass is 9.86. The monoisotopic (exact) mass is 636 g/mol. The summed E-state index contributed by atoms with van der Waals surface area (Å²) in [6, 6.07) is 20.7. The van der Waals surface area contributed by atoms with Gasteiger partial charge in [0.2, 0.25) is 5.95 Å². The first-order chi connectivity index (χ1) is 20.9. The van der Waals surface area contributed by atoms with Gasteiger partial charge in [-0.3, -0.25) is 23.9 Å². The zero-order valence-corrected chi connectivity index (χ0v) is 27.5. The average molecular weight is 637 g/mol. The third-order valence-electron chi connectivity index (χ3n) is 8.72. The lowest BCUT2D eigenvalue weighted by Gasteiger charge is -2.46.